The zero-order valence-electron chi connectivity index (χ0n) is 8.53. The molecule has 0 radical (unpaired) electrons. The molecule has 16 heavy (non-hydrogen) atoms. The smallest absolute Gasteiger partial charge is 0.203 e. The van der Waals surface area contributed by atoms with E-state index in [4.69, 9.17) is 0 Å². The van der Waals surface area contributed by atoms with Gasteiger partial charge in [0.05, 0.1) is 6.10 Å². The Kier molecular flexibility index (Phi) is 2.66. The number of carbonyl (C=O) groups excluding carboxylic acids is 1. The Bertz CT molecular complexity index is 505. The van der Waals surface area contributed by atoms with Gasteiger partial charge in [0.25, 0.3) is 0 Å². The molecule has 2 rings (SSSR count). The minimum Gasteiger partial charge on any atom is -0.389 e. The first kappa shape index (κ1) is 10.7. The molecule has 2 aliphatic carbocycles. The van der Waals surface area contributed by atoms with Crippen molar-refractivity contribution in [1.82, 2.24) is 0 Å². The third-order valence-corrected chi connectivity index (χ3v) is 2.48. The predicted molar refractivity (Wildman–Crippen MR) is 58.0 cm³/mol. The van der Waals surface area contributed by atoms with Crippen LogP contribution in [0.1, 0.15) is 12.8 Å². The molecule has 0 saturated heterocycles. The average Bonchev–Trinajstić information content (AvgIpc) is 2.22. The summed E-state index contributed by atoms with van der Waals surface area (Å²) in [5, 5.41) is 19.6. The van der Waals surface area contributed by atoms with Gasteiger partial charge in [-0.3, -0.25) is 4.79 Å². The molecule has 0 spiro atoms. The zero-order chi connectivity index (χ0) is 11.6. The number of aliphatic hydroxyl groups is 2. The van der Waals surface area contributed by atoms with Crippen LogP contribution < -0.4 is 0 Å². The summed E-state index contributed by atoms with van der Waals surface area (Å²) in [5.74, 6) is 10.1. The van der Waals surface area contributed by atoms with E-state index in [9.17, 15) is 15.0 Å². The second kappa shape index (κ2) is 3.98. The highest BCUT2D eigenvalue weighted by Gasteiger charge is 2.41. The first-order valence-corrected chi connectivity index (χ1v) is 4.94. The van der Waals surface area contributed by atoms with Crippen LogP contribution in [0.3, 0.4) is 0 Å². The summed E-state index contributed by atoms with van der Waals surface area (Å²) in [6, 6.07) is 0. The molecule has 2 N–H and O–H groups in total. The molecule has 80 valence electrons. The molecule has 0 saturated carbocycles. The summed E-state index contributed by atoms with van der Waals surface area (Å²) in [6.07, 6.45) is 3.79. The van der Waals surface area contributed by atoms with Crippen molar-refractivity contribution in [2.75, 3.05) is 0 Å². The van der Waals surface area contributed by atoms with Crippen LogP contribution in [-0.2, 0) is 4.79 Å². The van der Waals surface area contributed by atoms with E-state index in [1.54, 1.807) is 6.08 Å². The third-order valence-electron chi connectivity index (χ3n) is 2.48. The molecule has 0 aliphatic heterocycles. The normalized spacial score (nSPS) is 33.8. The molecule has 0 amide bonds. The van der Waals surface area contributed by atoms with Gasteiger partial charge in [0.1, 0.15) is 0 Å². The predicted octanol–water partition coefficient (Wildman–Crippen LogP) is -0.0557. The van der Waals surface area contributed by atoms with E-state index in [1.807, 2.05) is 0 Å². The molecule has 3 heteroatoms. The number of rotatable bonds is 0. The lowest BCUT2D eigenvalue weighted by molar-refractivity contribution is -0.131. The second-order valence-corrected chi connectivity index (χ2v) is 3.75. The third kappa shape index (κ3) is 1.92. The summed E-state index contributed by atoms with van der Waals surface area (Å²) in [7, 11) is 0. The van der Waals surface area contributed by atoms with Crippen molar-refractivity contribution in [3.8, 4) is 23.7 Å². The van der Waals surface area contributed by atoms with Gasteiger partial charge < -0.3 is 10.2 Å². The largest absolute Gasteiger partial charge is 0.389 e. The Morgan fingerprint density at radius 2 is 2.12 bits per heavy atom. The molecule has 2 atom stereocenters. The molecule has 2 unspecified atom stereocenters. The SMILES string of the molecule is O=C1C2=CC(O)CC1(O)C#C/C=C/C#CC2. The number of ketones is 1. The van der Waals surface area contributed by atoms with Crippen LogP contribution in [-0.4, -0.2) is 27.7 Å². The molecule has 0 aromatic rings. The number of fused-ring (bicyclic) bond motifs is 2. The first-order chi connectivity index (χ1) is 7.62. The topological polar surface area (TPSA) is 57.5 Å². The Labute approximate surface area is 93.5 Å². The maximum atomic E-state index is 11.9. The van der Waals surface area contributed by atoms with Gasteiger partial charge in [0, 0.05) is 18.4 Å². The lowest BCUT2D eigenvalue weighted by atomic mass is 9.81. The van der Waals surface area contributed by atoms with Crippen LogP contribution in [0.2, 0.25) is 0 Å². The molecule has 0 aromatic heterocycles. The molecule has 0 fully saturated rings. The van der Waals surface area contributed by atoms with Gasteiger partial charge in [0.15, 0.2) is 5.60 Å². The van der Waals surface area contributed by atoms with Crippen LogP contribution >= 0.6 is 0 Å². The molecule has 0 aromatic carbocycles. The molecular formula is C13H10O3. The number of Topliss-reactive ketones (excluding diaryl/α,β-unsaturated/α-hetero) is 1. The van der Waals surface area contributed by atoms with Crippen LogP contribution in [0.4, 0.5) is 0 Å². The molecule has 2 bridgehead atoms. The van der Waals surface area contributed by atoms with Crippen molar-refractivity contribution in [3.05, 3.63) is 23.8 Å². The summed E-state index contributed by atoms with van der Waals surface area (Å²) >= 11 is 0. The van der Waals surface area contributed by atoms with Gasteiger partial charge in [-0.2, -0.15) is 0 Å². The van der Waals surface area contributed by atoms with Crippen molar-refractivity contribution < 1.29 is 15.0 Å². The Morgan fingerprint density at radius 1 is 1.38 bits per heavy atom. The van der Waals surface area contributed by atoms with Crippen molar-refractivity contribution in [2.24, 2.45) is 0 Å². The molecule has 2 aliphatic rings. The quantitative estimate of drug-likeness (QED) is 0.556. The summed E-state index contributed by atoms with van der Waals surface area (Å²) in [6.45, 7) is 0. The van der Waals surface area contributed by atoms with Gasteiger partial charge in [-0.1, -0.05) is 23.7 Å². The fourth-order valence-corrected chi connectivity index (χ4v) is 1.72. The van der Waals surface area contributed by atoms with E-state index in [-0.39, 0.29) is 12.8 Å². The number of carbonyl (C=O) groups is 1. The number of hydrogen-bond acceptors (Lipinski definition) is 3. The molecular weight excluding hydrogens is 204 g/mol. The van der Waals surface area contributed by atoms with Gasteiger partial charge >= 0.3 is 0 Å². The Balaban J connectivity index is 2.51. The maximum Gasteiger partial charge on any atom is 0.203 e. The van der Waals surface area contributed by atoms with Gasteiger partial charge in [-0.05, 0) is 18.2 Å². The first-order valence-electron chi connectivity index (χ1n) is 4.94. The van der Waals surface area contributed by atoms with E-state index >= 15 is 0 Å². The standard InChI is InChI=1S/C13H10O3/c14-11-8-10-6-4-2-1-3-5-7-13(16,9-11)12(10)15/h1,3,8,11,14,16H,6,9H2/b3-1+. The molecule has 3 nitrogen and oxygen atoms in total. The second-order valence-electron chi connectivity index (χ2n) is 3.75. The summed E-state index contributed by atoms with van der Waals surface area (Å²) in [5.41, 5.74) is -1.44. The highest BCUT2D eigenvalue weighted by Crippen LogP contribution is 2.26. The molecule has 0 heterocycles. The van der Waals surface area contributed by atoms with Crippen molar-refractivity contribution in [1.29, 1.82) is 0 Å². The number of hydrogen-bond donors (Lipinski definition) is 2. The highest BCUT2D eigenvalue weighted by molar-refractivity contribution is 6.05. The number of aliphatic hydroxyl groups excluding tert-OH is 1. The van der Waals surface area contributed by atoms with E-state index in [0.29, 0.717) is 5.57 Å². The van der Waals surface area contributed by atoms with E-state index in [2.05, 4.69) is 23.7 Å². The van der Waals surface area contributed by atoms with Crippen LogP contribution in [0.15, 0.2) is 23.8 Å². The van der Waals surface area contributed by atoms with Crippen LogP contribution in [0, 0.1) is 23.7 Å². The minimum absolute atomic E-state index is 0.0798. The monoisotopic (exact) mass is 214 g/mol. The van der Waals surface area contributed by atoms with Crippen LogP contribution in [0.25, 0.3) is 0 Å². The summed E-state index contributed by atoms with van der Waals surface area (Å²) < 4.78 is 0. The fourth-order valence-electron chi connectivity index (χ4n) is 1.72. The number of allylic oxidation sites excluding steroid dienone is 2. The van der Waals surface area contributed by atoms with Gasteiger partial charge in [-0.25, -0.2) is 0 Å². The Hall–Kier alpha value is -1.81. The lowest BCUT2D eigenvalue weighted by Crippen LogP contribution is -2.44. The average molecular weight is 214 g/mol. The minimum atomic E-state index is -1.77. The lowest BCUT2D eigenvalue weighted by Gasteiger charge is -2.28. The maximum absolute atomic E-state index is 11.9. The van der Waals surface area contributed by atoms with Gasteiger partial charge in [-0.15, -0.1) is 0 Å². The Morgan fingerprint density at radius 3 is 2.94 bits per heavy atom. The van der Waals surface area contributed by atoms with Gasteiger partial charge in [0.2, 0.25) is 5.78 Å². The van der Waals surface area contributed by atoms with Crippen LogP contribution in [0.5, 0.6) is 0 Å². The van der Waals surface area contributed by atoms with E-state index in [1.165, 1.54) is 12.2 Å². The van der Waals surface area contributed by atoms with E-state index in [0.717, 1.165) is 0 Å². The zero-order valence-corrected chi connectivity index (χ0v) is 8.53. The van der Waals surface area contributed by atoms with Crippen molar-refractivity contribution in [2.45, 2.75) is 24.5 Å². The van der Waals surface area contributed by atoms with Crippen molar-refractivity contribution in [3.63, 3.8) is 0 Å². The highest BCUT2D eigenvalue weighted by atomic mass is 16.3. The summed E-state index contributed by atoms with van der Waals surface area (Å²) in [4.78, 5) is 11.9. The fraction of sp³-hybridized carbons (Fsp3) is 0.308. The van der Waals surface area contributed by atoms with Crippen molar-refractivity contribution >= 4 is 5.78 Å². The van der Waals surface area contributed by atoms with E-state index < -0.39 is 17.5 Å².